The molecule has 0 aromatic heterocycles. The second-order valence-corrected chi connectivity index (χ2v) is 6.24. The van der Waals surface area contributed by atoms with Gasteiger partial charge in [0.15, 0.2) is 0 Å². The Morgan fingerprint density at radius 1 is 0.625 bits per heavy atom. The highest BCUT2D eigenvalue weighted by Crippen LogP contribution is 2.13. The maximum Gasteiger partial charge on any atom is 0.349 e. The molecule has 10 heteroatoms. The van der Waals surface area contributed by atoms with E-state index >= 15 is 0 Å². The highest BCUT2D eigenvalue weighted by Gasteiger charge is 2.40. The van der Waals surface area contributed by atoms with Gasteiger partial charge in [-0.2, -0.15) is 0 Å². The van der Waals surface area contributed by atoms with Crippen molar-refractivity contribution in [3.05, 3.63) is 71.8 Å². The molecule has 0 saturated carbocycles. The van der Waals surface area contributed by atoms with Crippen molar-refractivity contribution in [2.24, 2.45) is 0 Å². The summed E-state index contributed by atoms with van der Waals surface area (Å²) in [6.07, 6.45) is -0.404. The maximum absolute atomic E-state index is 12.0. The predicted molar refractivity (Wildman–Crippen MR) is 109 cm³/mol. The standard InChI is InChI=1S/C22H18O10/c23-15-7-1-13(2-8-15)5-11-17(25)31-19(21(27)28)20(22(29)30)32-18(26)12-6-14-3-9-16(24)10-4-14/h1-12,19-20,23-24H,(H,27,28)(H,29,30)/t19-,20-/m0/s1. The van der Waals surface area contributed by atoms with Crippen LogP contribution < -0.4 is 0 Å². The Morgan fingerprint density at radius 2 is 0.938 bits per heavy atom. The summed E-state index contributed by atoms with van der Waals surface area (Å²) in [5.74, 6) is -6.04. The van der Waals surface area contributed by atoms with Crippen molar-refractivity contribution >= 4 is 36.0 Å². The summed E-state index contributed by atoms with van der Waals surface area (Å²) in [5, 5.41) is 37.0. The average Bonchev–Trinajstić information content (AvgIpc) is 2.75. The minimum absolute atomic E-state index is 0.00115. The molecule has 0 fully saturated rings. The van der Waals surface area contributed by atoms with Crippen LogP contribution in [0.2, 0.25) is 0 Å². The lowest BCUT2D eigenvalue weighted by atomic mass is 10.2. The van der Waals surface area contributed by atoms with Crippen LogP contribution in [0.4, 0.5) is 0 Å². The summed E-state index contributed by atoms with van der Waals surface area (Å²) in [6, 6.07) is 11.3. The minimum Gasteiger partial charge on any atom is -0.508 e. The van der Waals surface area contributed by atoms with E-state index < -0.39 is 36.1 Å². The number of phenolic OH excluding ortho intramolecular Hbond substituents is 2. The molecule has 2 rings (SSSR count). The van der Waals surface area contributed by atoms with Crippen LogP contribution in [0.25, 0.3) is 12.2 Å². The van der Waals surface area contributed by atoms with Gasteiger partial charge in [0.25, 0.3) is 0 Å². The zero-order valence-electron chi connectivity index (χ0n) is 16.3. The van der Waals surface area contributed by atoms with Gasteiger partial charge in [-0.05, 0) is 47.5 Å². The lowest BCUT2D eigenvalue weighted by molar-refractivity contribution is -0.183. The van der Waals surface area contributed by atoms with Crippen molar-refractivity contribution in [1.82, 2.24) is 0 Å². The molecule has 32 heavy (non-hydrogen) atoms. The largest absolute Gasteiger partial charge is 0.508 e. The van der Waals surface area contributed by atoms with Crippen molar-refractivity contribution < 1.29 is 49.1 Å². The van der Waals surface area contributed by atoms with E-state index in [2.05, 4.69) is 9.47 Å². The number of carbonyl (C=O) groups is 4. The zero-order valence-corrected chi connectivity index (χ0v) is 16.3. The number of rotatable bonds is 9. The van der Waals surface area contributed by atoms with Gasteiger partial charge in [0, 0.05) is 12.2 Å². The number of hydrogen-bond donors (Lipinski definition) is 4. The van der Waals surface area contributed by atoms with E-state index in [1.165, 1.54) is 60.7 Å². The van der Waals surface area contributed by atoms with Gasteiger partial charge < -0.3 is 29.9 Å². The molecular weight excluding hydrogens is 424 g/mol. The summed E-state index contributed by atoms with van der Waals surface area (Å²) >= 11 is 0. The summed E-state index contributed by atoms with van der Waals surface area (Å²) in [6.45, 7) is 0. The van der Waals surface area contributed by atoms with Crippen LogP contribution in [0.15, 0.2) is 60.7 Å². The third-order valence-corrected chi connectivity index (χ3v) is 3.86. The van der Waals surface area contributed by atoms with E-state index in [0.29, 0.717) is 11.1 Å². The van der Waals surface area contributed by atoms with Crippen LogP contribution in [-0.2, 0) is 28.7 Å². The van der Waals surface area contributed by atoms with Crippen LogP contribution in [0.1, 0.15) is 11.1 Å². The molecule has 2 atom stereocenters. The third kappa shape index (κ3) is 7.34. The van der Waals surface area contributed by atoms with E-state index in [9.17, 15) is 39.6 Å². The highest BCUT2D eigenvalue weighted by molar-refractivity contribution is 5.93. The number of benzene rings is 2. The fraction of sp³-hybridized carbons (Fsp3) is 0.0909. The summed E-state index contributed by atoms with van der Waals surface area (Å²) in [5.41, 5.74) is 0.958. The molecule has 0 radical (unpaired) electrons. The number of ether oxygens (including phenoxy) is 2. The fourth-order valence-electron chi connectivity index (χ4n) is 2.31. The van der Waals surface area contributed by atoms with Crippen molar-refractivity contribution in [3.63, 3.8) is 0 Å². The first-order chi connectivity index (χ1) is 15.2. The van der Waals surface area contributed by atoms with E-state index in [0.717, 1.165) is 12.2 Å². The van der Waals surface area contributed by atoms with Gasteiger partial charge in [-0.1, -0.05) is 24.3 Å². The fourth-order valence-corrected chi connectivity index (χ4v) is 2.31. The molecular formula is C22H18O10. The first kappa shape index (κ1) is 23.7. The molecule has 10 nitrogen and oxygen atoms in total. The van der Waals surface area contributed by atoms with Crippen LogP contribution in [0.3, 0.4) is 0 Å². The molecule has 0 unspecified atom stereocenters. The summed E-state index contributed by atoms with van der Waals surface area (Å²) < 4.78 is 9.35. The molecule has 0 amide bonds. The first-order valence-corrected chi connectivity index (χ1v) is 8.97. The van der Waals surface area contributed by atoms with Gasteiger partial charge in [0.1, 0.15) is 11.5 Å². The van der Waals surface area contributed by atoms with Crippen LogP contribution >= 0.6 is 0 Å². The number of carbonyl (C=O) groups excluding carboxylic acids is 2. The summed E-state index contributed by atoms with van der Waals surface area (Å²) in [7, 11) is 0. The molecule has 0 saturated heterocycles. The second kappa shape index (κ2) is 11.0. The van der Waals surface area contributed by atoms with Crippen LogP contribution in [-0.4, -0.2) is 56.5 Å². The van der Waals surface area contributed by atoms with Crippen molar-refractivity contribution in [2.75, 3.05) is 0 Å². The zero-order chi connectivity index (χ0) is 23.7. The number of aromatic hydroxyl groups is 2. The quantitative estimate of drug-likeness (QED) is 0.332. The Morgan fingerprint density at radius 3 is 1.22 bits per heavy atom. The Labute approximate surface area is 181 Å². The second-order valence-electron chi connectivity index (χ2n) is 6.24. The molecule has 0 spiro atoms. The van der Waals surface area contributed by atoms with Gasteiger partial charge in [-0.25, -0.2) is 19.2 Å². The number of aliphatic carboxylic acids is 2. The van der Waals surface area contributed by atoms with Gasteiger partial charge in [0.05, 0.1) is 0 Å². The molecule has 4 N–H and O–H groups in total. The molecule has 2 aromatic carbocycles. The van der Waals surface area contributed by atoms with Gasteiger partial charge >= 0.3 is 23.9 Å². The van der Waals surface area contributed by atoms with E-state index in [4.69, 9.17) is 0 Å². The Balaban J connectivity index is 2.07. The first-order valence-electron chi connectivity index (χ1n) is 8.97. The minimum atomic E-state index is -2.31. The number of carboxylic acid groups (broad SMARTS) is 2. The SMILES string of the molecule is O=C(C=Cc1ccc(O)cc1)O[C@H](C(=O)O)[C@H](OC(=O)C=Cc1ccc(O)cc1)C(=O)O. The van der Waals surface area contributed by atoms with E-state index in [1.807, 2.05) is 0 Å². The Hall–Kier alpha value is -4.60. The van der Waals surface area contributed by atoms with Gasteiger partial charge in [-0.3, -0.25) is 0 Å². The number of phenols is 2. The molecule has 0 aliphatic carbocycles. The molecule has 0 aliphatic heterocycles. The molecule has 2 aromatic rings. The average molecular weight is 442 g/mol. The number of hydrogen-bond acceptors (Lipinski definition) is 8. The maximum atomic E-state index is 12.0. The highest BCUT2D eigenvalue weighted by atomic mass is 16.6. The Kier molecular flexibility index (Phi) is 8.12. The van der Waals surface area contributed by atoms with Crippen LogP contribution in [0.5, 0.6) is 11.5 Å². The van der Waals surface area contributed by atoms with E-state index in [-0.39, 0.29) is 11.5 Å². The number of carboxylic acids is 2. The van der Waals surface area contributed by atoms with Crippen molar-refractivity contribution in [3.8, 4) is 11.5 Å². The lowest BCUT2D eigenvalue weighted by Gasteiger charge is -2.19. The predicted octanol–water partition coefficient (Wildman–Crippen LogP) is 1.82. The van der Waals surface area contributed by atoms with Crippen LogP contribution in [0, 0.1) is 0 Å². The normalized spacial score (nSPS) is 12.9. The van der Waals surface area contributed by atoms with Gasteiger partial charge in [0.2, 0.25) is 12.2 Å². The topological polar surface area (TPSA) is 168 Å². The monoisotopic (exact) mass is 442 g/mol. The molecule has 166 valence electrons. The van der Waals surface area contributed by atoms with E-state index in [1.54, 1.807) is 0 Å². The van der Waals surface area contributed by atoms with Gasteiger partial charge in [-0.15, -0.1) is 0 Å². The third-order valence-electron chi connectivity index (χ3n) is 3.86. The molecule has 0 bridgehead atoms. The molecule has 0 aliphatic rings. The number of esters is 2. The smallest absolute Gasteiger partial charge is 0.349 e. The van der Waals surface area contributed by atoms with Crippen molar-refractivity contribution in [1.29, 1.82) is 0 Å². The summed E-state index contributed by atoms with van der Waals surface area (Å²) in [4.78, 5) is 46.8. The Bertz CT molecular complexity index is 950. The lowest BCUT2D eigenvalue weighted by Crippen LogP contribution is -2.45. The van der Waals surface area contributed by atoms with Crippen molar-refractivity contribution in [2.45, 2.75) is 12.2 Å². The molecule has 0 heterocycles.